The van der Waals surface area contributed by atoms with Crippen LogP contribution in [0.1, 0.15) is 12.5 Å². The monoisotopic (exact) mass is 291 g/mol. The molecule has 2 aromatic carbocycles. The Bertz CT molecular complexity index is 525. The van der Waals surface area contributed by atoms with Gasteiger partial charge in [-0.25, -0.2) is 0 Å². The maximum atomic E-state index is 5.86. The highest BCUT2D eigenvalue weighted by molar-refractivity contribution is 9.10. The third-order valence-electron chi connectivity index (χ3n) is 2.51. The number of benzene rings is 2. The van der Waals surface area contributed by atoms with E-state index in [0.29, 0.717) is 11.4 Å². The number of nitrogen functional groups attached to an aromatic ring is 1. The summed E-state index contributed by atoms with van der Waals surface area (Å²) in [4.78, 5) is 0. The minimum atomic E-state index is 0.634. The minimum absolute atomic E-state index is 0.634. The number of rotatable bonds is 3. The van der Waals surface area contributed by atoms with E-state index in [9.17, 15) is 0 Å². The summed E-state index contributed by atoms with van der Waals surface area (Å²) >= 11 is 3.40. The zero-order chi connectivity index (χ0) is 12.3. The Morgan fingerprint density at radius 3 is 2.76 bits per heavy atom. The molecular formula is C14H14BrNO. The normalized spacial score (nSPS) is 10.2. The van der Waals surface area contributed by atoms with E-state index in [1.807, 2.05) is 36.4 Å². The van der Waals surface area contributed by atoms with Crippen LogP contribution in [0, 0.1) is 0 Å². The summed E-state index contributed by atoms with van der Waals surface area (Å²) in [5.74, 6) is 1.49. The Morgan fingerprint density at radius 2 is 2.00 bits per heavy atom. The number of ether oxygens (including phenoxy) is 1. The second-order valence-electron chi connectivity index (χ2n) is 3.79. The Labute approximate surface area is 110 Å². The molecule has 2 nitrogen and oxygen atoms in total. The summed E-state index contributed by atoms with van der Waals surface area (Å²) in [6.07, 6.45) is 0.991. The minimum Gasteiger partial charge on any atom is -0.455 e. The van der Waals surface area contributed by atoms with Crippen molar-refractivity contribution in [2.75, 3.05) is 5.73 Å². The van der Waals surface area contributed by atoms with Crippen LogP contribution in [-0.4, -0.2) is 0 Å². The van der Waals surface area contributed by atoms with Crippen LogP contribution in [0.2, 0.25) is 0 Å². The van der Waals surface area contributed by atoms with Gasteiger partial charge >= 0.3 is 0 Å². The maximum Gasteiger partial charge on any atom is 0.151 e. The lowest BCUT2D eigenvalue weighted by atomic mass is 10.2. The van der Waals surface area contributed by atoms with Crippen molar-refractivity contribution in [3.05, 3.63) is 52.5 Å². The van der Waals surface area contributed by atoms with Crippen LogP contribution < -0.4 is 10.5 Å². The molecule has 0 radical (unpaired) electrons. The van der Waals surface area contributed by atoms with Crippen LogP contribution >= 0.6 is 15.9 Å². The fraction of sp³-hybridized carbons (Fsp3) is 0.143. The van der Waals surface area contributed by atoms with Crippen molar-refractivity contribution in [1.82, 2.24) is 0 Å². The highest BCUT2D eigenvalue weighted by Crippen LogP contribution is 2.30. The number of nitrogens with two attached hydrogens (primary N) is 1. The van der Waals surface area contributed by atoms with Crippen molar-refractivity contribution >= 4 is 21.6 Å². The molecule has 0 aliphatic carbocycles. The number of hydrogen-bond acceptors (Lipinski definition) is 2. The molecule has 17 heavy (non-hydrogen) atoms. The van der Waals surface area contributed by atoms with E-state index >= 15 is 0 Å². The summed E-state index contributed by atoms with van der Waals surface area (Å²) in [6, 6.07) is 13.6. The lowest BCUT2D eigenvalue weighted by Gasteiger charge is -2.09. The molecule has 0 fully saturated rings. The number of anilines is 1. The molecule has 0 bridgehead atoms. The summed E-state index contributed by atoms with van der Waals surface area (Å²) in [5.41, 5.74) is 7.74. The third-order valence-corrected chi connectivity index (χ3v) is 3.00. The van der Waals surface area contributed by atoms with Gasteiger partial charge in [-0.15, -0.1) is 0 Å². The van der Waals surface area contributed by atoms with E-state index in [-0.39, 0.29) is 0 Å². The van der Waals surface area contributed by atoms with Gasteiger partial charge in [-0.1, -0.05) is 35.0 Å². The second-order valence-corrected chi connectivity index (χ2v) is 4.70. The van der Waals surface area contributed by atoms with Gasteiger partial charge in [-0.05, 0) is 42.3 Å². The highest BCUT2D eigenvalue weighted by atomic mass is 79.9. The van der Waals surface area contributed by atoms with Crippen LogP contribution in [0.3, 0.4) is 0 Å². The Morgan fingerprint density at radius 1 is 1.18 bits per heavy atom. The lowest BCUT2D eigenvalue weighted by Crippen LogP contribution is -1.92. The molecular weight excluding hydrogens is 278 g/mol. The SMILES string of the molecule is CCc1cccc(Oc2cc(Br)ccc2N)c1. The van der Waals surface area contributed by atoms with Gasteiger partial charge in [0, 0.05) is 4.47 Å². The van der Waals surface area contributed by atoms with Gasteiger partial charge in [-0.3, -0.25) is 0 Å². The molecule has 2 N–H and O–H groups in total. The largest absolute Gasteiger partial charge is 0.455 e. The van der Waals surface area contributed by atoms with Crippen LogP contribution in [0.4, 0.5) is 5.69 Å². The van der Waals surface area contributed by atoms with Gasteiger partial charge in [0.05, 0.1) is 5.69 Å². The average molecular weight is 292 g/mol. The van der Waals surface area contributed by atoms with Crippen LogP contribution in [0.5, 0.6) is 11.5 Å². The van der Waals surface area contributed by atoms with Gasteiger partial charge in [0.15, 0.2) is 5.75 Å². The molecule has 2 aromatic rings. The van der Waals surface area contributed by atoms with Gasteiger partial charge in [0.1, 0.15) is 5.75 Å². The topological polar surface area (TPSA) is 35.2 Å². The molecule has 88 valence electrons. The summed E-state index contributed by atoms with van der Waals surface area (Å²) < 4.78 is 6.73. The van der Waals surface area contributed by atoms with E-state index in [4.69, 9.17) is 10.5 Å². The van der Waals surface area contributed by atoms with Crippen LogP contribution in [0.25, 0.3) is 0 Å². The first-order valence-corrected chi connectivity index (χ1v) is 6.30. The van der Waals surface area contributed by atoms with Crippen LogP contribution in [-0.2, 0) is 6.42 Å². The number of halogens is 1. The first-order chi connectivity index (χ1) is 8.19. The maximum absolute atomic E-state index is 5.86. The Balaban J connectivity index is 2.27. The highest BCUT2D eigenvalue weighted by Gasteiger charge is 2.03. The van der Waals surface area contributed by atoms with Crippen molar-refractivity contribution in [1.29, 1.82) is 0 Å². The fourth-order valence-electron chi connectivity index (χ4n) is 1.55. The lowest BCUT2D eigenvalue weighted by molar-refractivity contribution is 0.484. The van der Waals surface area contributed by atoms with E-state index in [1.54, 1.807) is 0 Å². The van der Waals surface area contributed by atoms with E-state index in [1.165, 1.54) is 5.56 Å². The first kappa shape index (κ1) is 12.0. The van der Waals surface area contributed by atoms with Crippen molar-refractivity contribution in [2.45, 2.75) is 13.3 Å². The smallest absolute Gasteiger partial charge is 0.151 e. The van der Waals surface area contributed by atoms with E-state index in [2.05, 4.69) is 28.9 Å². The zero-order valence-electron chi connectivity index (χ0n) is 9.61. The fourth-order valence-corrected chi connectivity index (χ4v) is 1.89. The first-order valence-electron chi connectivity index (χ1n) is 5.51. The molecule has 0 saturated carbocycles. The molecule has 0 aliphatic rings. The number of aryl methyl sites for hydroxylation is 1. The van der Waals surface area contributed by atoms with Crippen LogP contribution in [0.15, 0.2) is 46.9 Å². The van der Waals surface area contributed by atoms with Crippen molar-refractivity contribution < 1.29 is 4.74 Å². The van der Waals surface area contributed by atoms with Crippen molar-refractivity contribution in [3.8, 4) is 11.5 Å². The van der Waals surface area contributed by atoms with E-state index in [0.717, 1.165) is 16.6 Å². The van der Waals surface area contributed by atoms with Crippen molar-refractivity contribution in [3.63, 3.8) is 0 Å². The second kappa shape index (κ2) is 5.23. The number of hydrogen-bond donors (Lipinski definition) is 1. The Hall–Kier alpha value is -1.48. The molecule has 0 atom stereocenters. The average Bonchev–Trinajstić information content (AvgIpc) is 2.34. The molecule has 0 aliphatic heterocycles. The predicted molar refractivity (Wildman–Crippen MR) is 74.4 cm³/mol. The quantitative estimate of drug-likeness (QED) is 0.852. The van der Waals surface area contributed by atoms with Gasteiger partial charge < -0.3 is 10.5 Å². The molecule has 2 rings (SSSR count). The summed E-state index contributed by atoms with van der Waals surface area (Å²) in [5, 5.41) is 0. The third kappa shape index (κ3) is 3.01. The van der Waals surface area contributed by atoms with Crippen molar-refractivity contribution in [2.24, 2.45) is 0 Å². The standard InChI is InChI=1S/C14H14BrNO/c1-2-10-4-3-5-12(8-10)17-14-9-11(15)6-7-13(14)16/h3-9H,2,16H2,1H3. The summed E-state index contributed by atoms with van der Waals surface area (Å²) in [6.45, 7) is 2.12. The zero-order valence-corrected chi connectivity index (χ0v) is 11.2. The van der Waals surface area contributed by atoms with E-state index < -0.39 is 0 Å². The molecule has 0 aromatic heterocycles. The molecule has 0 unspecified atom stereocenters. The van der Waals surface area contributed by atoms with Gasteiger partial charge in [-0.2, -0.15) is 0 Å². The molecule has 0 amide bonds. The molecule has 3 heteroatoms. The van der Waals surface area contributed by atoms with Gasteiger partial charge in [0.25, 0.3) is 0 Å². The molecule has 0 heterocycles. The molecule has 0 saturated heterocycles. The summed E-state index contributed by atoms with van der Waals surface area (Å²) in [7, 11) is 0. The van der Waals surface area contributed by atoms with Gasteiger partial charge in [0.2, 0.25) is 0 Å². The Kier molecular flexibility index (Phi) is 3.69. The molecule has 0 spiro atoms. The predicted octanol–water partition coefficient (Wildman–Crippen LogP) is 4.39.